The van der Waals surface area contributed by atoms with E-state index in [1.165, 1.54) is 15.3 Å². The lowest BCUT2D eigenvalue weighted by atomic mass is 10.0. The van der Waals surface area contributed by atoms with E-state index in [2.05, 4.69) is 36.5 Å². The number of aromatic nitrogens is 7. The van der Waals surface area contributed by atoms with Crippen LogP contribution in [0.15, 0.2) is 59.5 Å². The molecule has 0 saturated carbocycles. The van der Waals surface area contributed by atoms with Crippen molar-refractivity contribution in [3.63, 3.8) is 0 Å². The molecule has 0 aliphatic carbocycles. The predicted molar refractivity (Wildman–Crippen MR) is 130 cm³/mol. The van der Waals surface area contributed by atoms with Crippen molar-refractivity contribution < 1.29 is 0 Å². The molecule has 1 aromatic carbocycles. The molecule has 0 spiro atoms. The van der Waals surface area contributed by atoms with Crippen LogP contribution in [0.1, 0.15) is 16.8 Å². The number of nitrogens with zero attached hydrogens (tertiary/aromatic N) is 8. The van der Waals surface area contributed by atoms with Crippen molar-refractivity contribution in [3.8, 4) is 28.6 Å². The van der Waals surface area contributed by atoms with Crippen molar-refractivity contribution >= 4 is 17.5 Å². The molecular formula is C24H20N10O. The Bertz CT molecular complexity index is 1680. The quantitative estimate of drug-likeness (QED) is 0.399. The zero-order chi connectivity index (χ0) is 24.5. The van der Waals surface area contributed by atoms with Crippen LogP contribution in [-0.2, 0) is 13.6 Å². The number of nitrogens with two attached hydrogens (primary N) is 1. The van der Waals surface area contributed by atoms with Crippen LogP contribution in [0.4, 0.5) is 11.9 Å². The van der Waals surface area contributed by atoms with Gasteiger partial charge in [0.25, 0.3) is 5.56 Å². The van der Waals surface area contributed by atoms with Gasteiger partial charge in [-0.05, 0) is 36.8 Å². The molecule has 35 heavy (non-hydrogen) atoms. The lowest BCUT2D eigenvalue weighted by Crippen LogP contribution is -2.18. The van der Waals surface area contributed by atoms with Gasteiger partial charge in [-0.1, -0.05) is 18.2 Å². The molecule has 0 fully saturated rings. The molecule has 11 heteroatoms. The Morgan fingerprint density at radius 2 is 1.97 bits per heavy atom. The van der Waals surface area contributed by atoms with Gasteiger partial charge >= 0.3 is 0 Å². The van der Waals surface area contributed by atoms with Crippen LogP contribution >= 0.6 is 0 Å². The summed E-state index contributed by atoms with van der Waals surface area (Å²) in [4.78, 5) is 25.6. The fraction of sp³-hybridized carbons (Fsp3) is 0.125. The summed E-state index contributed by atoms with van der Waals surface area (Å²) in [6.45, 7) is 2.40. The van der Waals surface area contributed by atoms with Crippen LogP contribution in [0.5, 0.6) is 0 Å². The minimum Gasteiger partial charge on any atom is -0.368 e. The maximum atomic E-state index is 12.0. The first-order valence-electron chi connectivity index (χ1n) is 10.7. The SMILES string of the molecule is Cc1cccnc1CNc1nc2c(-c3ccc(=O)n(C)n3)c(-c3cccc(C#N)c3)nc(N)n2n1. The van der Waals surface area contributed by atoms with Gasteiger partial charge in [0.1, 0.15) is 0 Å². The summed E-state index contributed by atoms with van der Waals surface area (Å²) in [7, 11) is 1.57. The summed E-state index contributed by atoms with van der Waals surface area (Å²) >= 11 is 0. The number of nitriles is 1. The Hall–Kier alpha value is -5.11. The molecule has 0 aliphatic heterocycles. The maximum absolute atomic E-state index is 12.0. The molecule has 4 heterocycles. The summed E-state index contributed by atoms with van der Waals surface area (Å²) in [5.74, 6) is 0.443. The summed E-state index contributed by atoms with van der Waals surface area (Å²) < 4.78 is 2.66. The van der Waals surface area contributed by atoms with Gasteiger partial charge in [0.15, 0.2) is 5.65 Å². The smallest absolute Gasteiger partial charge is 0.266 e. The summed E-state index contributed by atoms with van der Waals surface area (Å²) in [6.07, 6.45) is 1.73. The second-order valence-electron chi connectivity index (χ2n) is 7.86. The topological polar surface area (TPSA) is 153 Å². The molecule has 0 atom stereocenters. The van der Waals surface area contributed by atoms with E-state index in [1.807, 2.05) is 25.1 Å². The predicted octanol–water partition coefficient (Wildman–Crippen LogP) is 2.32. The van der Waals surface area contributed by atoms with E-state index in [9.17, 15) is 10.1 Å². The molecule has 172 valence electrons. The minimum atomic E-state index is -0.254. The van der Waals surface area contributed by atoms with Crippen LogP contribution in [-0.4, -0.2) is 34.3 Å². The molecular weight excluding hydrogens is 444 g/mol. The normalized spacial score (nSPS) is 10.9. The lowest BCUT2D eigenvalue weighted by molar-refractivity contribution is 0.712. The number of pyridine rings is 1. The molecule has 3 N–H and O–H groups in total. The fourth-order valence-electron chi connectivity index (χ4n) is 3.71. The Kier molecular flexibility index (Phi) is 5.39. The van der Waals surface area contributed by atoms with Crippen LogP contribution < -0.4 is 16.6 Å². The first-order valence-corrected chi connectivity index (χ1v) is 10.7. The average Bonchev–Trinajstić information content (AvgIpc) is 3.30. The van der Waals surface area contributed by atoms with Gasteiger partial charge < -0.3 is 11.1 Å². The average molecular weight is 464 g/mol. The number of rotatable bonds is 5. The Labute approximate surface area is 199 Å². The van der Waals surface area contributed by atoms with Gasteiger partial charge in [0, 0.05) is 24.9 Å². The minimum absolute atomic E-state index is 0.112. The zero-order valence-corrected chi connectivity index (χ0v) is 19.0. The van der Waals surface area contributed by atoms with Gasteiger partial charge in [-0.2, -0.15) is 19.9 Å². The number of fused-ring (bicyclic) bond motifs is 1. The largest absolute Gasteiger partial charge is 0.368 e. The van der Waals surface area contributed by atoms with E-state index >= 15 is 0 Å². The van der Waals surface area contributed by atoms with Crippen molar-refractivity contribution in [1.29, 1.82) is 5.26 Å². The van der Waals surface area contributed by atoms with Gasteiger partial charge in [-0.25, -0.2) is 9.67 Å². The molecule has 5 rings (SSSR count). The first kappa shape index (κ1) is 21.7. The molecule has 0 saturated heterocycles. The first-order chi connectivity index (χ1) is 16.9. The number of hydrogen-bond donors (Lipinski definition) is 2. The number of benzene rings is 1. The number of aryl methyl sites for hydroxylation is 2. The lowest BCUT2D eigenvalue weighted by Gasteiger charge is -2.12. The monoisotopic (exact) mass is 464 g/mol. The maximum Gasteiger partial charge on any atom is 0.266 e. The zero-order valence-electron chi connectivity index (χ0n) is 19.0. The third kappa shape index (κ3) is 4.04. The van der Waals surface area contributed by atoms with Gasteiger partial charge in [0.05, 0.1) is 40.8 Å². The third-order valence-electron chi connectivity index (χ3n) is 5.52. The molecule has 0 unspecified atom stereocenters. The van der Waals surface area contributed by atoms with Gasteiger partial charge in [-0.15, -0.1) is 5.10 Å². The number of nitrogen functional groups attached to an aromatic ring is 1. The molecule has 0 radical (unpaired) electrons. The van der Waals surface area contributed by atoms with Crippen molar-refractivity contribution in [3.05, 3.63) is 81.9 Å². The third-order valence-corrected chi connectivity index (χ3v) is 5.52. The molecule has 0 bridgehead atoms. The van der Waals surface area contributed by atoms with Crippen LogP contribution in [0.3, 0.4) is 0 Å². The van der Waals surface area contributed by atoms with Crippen molar-refractivity contribution in [2.75, 3.05) is 11.1 Å². The molecule has 11 nitrogen and oxygen atoms in total. The van der Waals surface area contributed by atoms with E-state index in [1.54, 1.807) is 37.5 Å². The standard InChI is InChI=1S/C24H20N10O/c1-14-5-4-10-27-18(14)13-28-24-30-22-20(17-8-9-19(35)33(2)31-17)21(29-23(26)34(22)32-24)16-7-3-6-15(11-16)12-25/h3-11H,13H2,1-2H3,(H2,26,29)(H,28,32). The number of anilines is 2. The van der Waals surface area contributed by atoms with Gasteiger partial charge in [-0.3, -0.25) is 9.78 Å². The van der Waals surface area contributed by atoms with E-state index in [4.69, 9.17) is 5.73 Å². The van der Waals surface area contributed by atoms with Gasteiger partial charge in [0.2, 0.25) is 11.9 Å². The Morgan fingerprint density at radius 1 is 1.11 bits per heavy atom. The highest BCUT2D eigenvalue weighted by Gasteiger charge is 2.21. The second-order valence-corrected chi connectivity index (χ2v) is 7.86. The summed E-state index contributed by atoms with van der Waals surface area (Å²) in [5, 5.41) is 21.5. The number of nitrogens with one attached hydrogen (secondary N) is 1. The highest BCUT2D eigenvalue weighted by Crippen LogP contribution is 2.34. The van der Waals surface area contributed by atoms with Crippen LogP contribution in [0.2, 0.25) is 0 Å². The Balaban J connectivity index is 1.70. The summed E-state index contributed by atoms with van der Waals surface area (Å²) in [5.41, 5.74) is 10.9. The van der Waals surface area contributed by atoms with E-state index in [0.29, 0.717) is 46.2 Å². The fourth-order valence-corrected chi connectivity index (χ4v) is 3.71. The van der Waals surface area contributed by atoms with Crippen LogP contribution in [0, 0.1) is 18.3 Å². The Morgan fingerprint density at radius 3 is 2.74 bits per heavy atom. The molecule has 5 aromatic rings. The second kappa shape index (κ2) is 8.68. The van der Waals surface area contributed by atoms with Crippen molar-refractivity contribution in [2.24, 2.45) is 7.05 Å². The van der Waals surface area contributed by atoms with Crippen LogP contribution in [0.25, 0.3) is 28.2 Å². The molecule has 0 aliphatic rings. The van der Waals surface area contributed by atoms with E-state index in [0.717, 1.165) is 11.3 Å². The van der Waals surface area contributed by atoms with Crippen molar-refractivity contribution in [2.45, 2.75) is 13.5 Å². The summed E-state index contributed by atoms with van der Waals surface area (Å²) in [6, 6.07) is 16.0. The highest BCUT2D eigenvalue weighted by atomic mass is 16.1. The molecule has 4 aromatic heterocycles. The van der Waals surface area contributed by atoms with Crippen molar-refractivity contribution in [1.82, 2.24) is 34.3 Å². The highest BCUT2D eigenvalue weighted by molar-refractivity contribution is 5.89. The van der Waals surface area contributed by atoms with E-state index < -0.39 is 0 Å². The van der Waals surface area contributed by atoms with E-state index in [-0.39, 0.29) is 11.5 Å². The number of hydrogen-bond acceptors (Lipinski definition) is 9. The molecule has 0 amide bonds.